The Morgan fingerprint density at radius 3 is 2.31 bits per heavy atom. The number of nitrogens with one attached hydrogen (secondary N) is 1. The monoisotopic (exact) mass is 395 g/mol. The molecule has 0 unspecified atom stereocenters. The van der Waals surface area contributed by atoms with E-state index in [4.69, 9.17) is 23.2 Å². The van der Waals surface area contributed by atoms with Crippen LogP contribution in [0.2, 0.25) is 10.0 Å². The van der Waals surface area contributed by atoms with Crippen molar-refractivity contribution in [3.8, 4) is 0 Å². The summed E-state index contributed by atoms with van der Waals surface area (Å²) >= 11 is 11.9. The molecule has 26 heavy (non-hydrogen) atoms. The minimum Gasteiger partial charge on any atom is -0.367 e. The molecule has 0 saturated carbocycles. The van der Waals surface area contributed by atoms with Crippen LogP contribution in [0.1, 0.15) is 6.92 Å². The van der Waals surface area contributed by atoms with Gasteiger partial charge in [-0.2, -0.15) is 0 Å². The van der Waals surface area contributed by atoms with Crippen LogP contribution < -0.4 is 10.2 Å². The first-order valence-corrected chi connectivity index (χ1v) is 9.20. The average molecular weight is 396 g/mol. The Labute approximate surface area is 162 Å². The van der Waals surface area contributed by atoms with Gasteiger partial charge in [0.25, 0.3) is 0 Å². The summed E-state index contributed by atoms with van der Waals surface area (Å²) < 4.78 is 13.9. The van der Waals surface area contributed by atoms with Crippen LogP contribution >= 0.6 is 23.2 Å². The number of amides is 1. The lowest BCUT2D eigenvalue weighted by Crippen LogP contribution is -2.53. The first-order chi connectivity index (χ1) is 12.4. The molecular weight excluding hydrogens is 376 g/mol. The highest BCUT2D eigenvalue weighted by atomic mass is 35.5. The lowest BCUT2D eigenvalue weighted by molar-refractivity contribution is -0.120. The van der Waals surface area contributed by atoms with E-state index in [9.17, 15) is 9.18 Å². The van der Waals surface area contributed by atoms with E-state index in [0.29, 0.717) is 47.6 Å². The fourth-order valence-electron chi connectivity index (χ4n) is 3.10. The molecule has 2 aromatic carbocycles. The van der Waals surface area contributed by atoms with Gasteiger partial charge in [0.2, 0.25) is 5.91 Å². The smallest absolute Gasteiger partial charge is 0.241 e. The molecule has 1 fully saturated rings. The van der Waals surface area contributed by atoms with Gasteiger partial charge < -0.3 is 10.2 Å². The van der Waals surface area contributed by atoms with Crippen LogP contribution in [0.25, 0.3) is 0 Å². The molecule has 2 aromatic rings. The average Bonchev–Trinajstić information content (AvgIpc) is 2.61. The number of hydrogen-bond donors (Lipinski definition) is 1. The van der Waals surface area contributed by atoms with E-state index in [1.54, 1.807) is 30.3 Å². The molecule has 1 heterocycles. The van der Waals surface area contributed by atoms with Crippen molar-refractivity contribution in [2.24, 2.45) is 0 Å². The standard InChI is InChI=1S/C19H20Cl2FN3O/c1-13(19(26)23-16-11-14(20)10-15(21)12-16)24-6-8-25(9-7-24)18-5-3-2-4-17(18)22/h2-5,10-13H,6-9H2,1H3,(H,23,26)/t13-/m0/s1. The minimum atomic E-state index is -0.310. The maximum absolute atomic E-state index is 13.9. The predicted molar refractivity (Wildman–Crippen MR) is 105 cm³/mol. The third kappa shape index (κ3) is 4.47. The molecule has 0 radical (unpaired) electrons. The number of anilines is 2. The molecule has 7 heteroatoms. The molecule has 0 spiro atoms. The van der Waals surface area contributed by atoms with E-state index in [2.05, 4.69) is 10.2 Å². The zero-order valence-electron chi connectivity index (χ0n) is 14.4. The summed E-state index contributed by atoms with van der Waals surface area (Å²) in [5.74, 6) is -0.341. The normalized spacial score (nSPS) is 16.4. The zero-order chi connectivity index (χ0) is 18.7. The van der Waals surface area contributed by atoms with Crippen LogP contribution in [0.5, 0.6) is 0 Å². The van der Waals surface area contributed by atoms with E-state index >= 15 is 0 Å². The Bertz CT molecular complexity index is 774. The SMILES string of the molecule is C[C@@H](C(=O)Nc1cc(Cl)cc(Cl)c1)N1CCN(c2ccccc2F)CC1. The van der Waals surface area contributed by atoms with E-state index in [1.807, 2.05) is 17.9 Å². The van der Waals surface area contributed by atoms with Gasteiger partial charge in [0.15, 0.2) is 0 Å². The van der Waals surface area contributed by atoms with E-state index in [-0.39, 0.29) is 17.8 Å². The lowest BCUT2D eigenvalue weighted by atomic mass is 10.2. The van der Waals surface area contributed by atoms with Crippen LogP contribution in [0.4, 0.5) is 15.8 Å². The minimum absolute atomic E-state index is 0.123. The highest BCUT2D eigenvalue weighted by Gasteiger charge is 2.26. The molecule has 1 N–H and O–H groups in total. The van der Waals surface area contributed by atoms with Gasteiger partial charge in [-0.15, -0.1) is 0 Å². The summed E-state index contributed by atoms with van der Waals surface area (Å²) in [6.45, 7) is 4.56. The summed E-state index contributed by atoms with van der Waals surface area (Å²) in [4.78, 5) is 16.6. The quantitative estimate of drug-likeness (QED) is 0.838. The van der Waals surface area contributed by atoms with Gasteiger partial charge in [-0.25, -0.2) is 4.39 Å². The Balaban J connectivity index is 1.58. The molecule has 1 atom stereocenters. The number of halogens is 3. The molecule has 1 aliphatic heterocycles. The van der Waals surface area contributed by atoms with Crippen molar-refractivity contribution in [3.63, 3.8) is 0 Å². The molecule has 4 nitrogen and oxygen atoms in total. The number of para-hydroxylation sites is 1. The fraction of sp³-hybridized carbons (Fsp3) is 0.316. The second kappa shape index (κ2) is 8.25. The van der Waals surface area contributed by atoms with Gasteiger partial charge in [-0.05, 0) is 37.3 Å². The van der Waals surface area contributed by atoms with E-state index in [0.717, 1.165) is 0 Å². The number of rotatable bonds is 4. The van der Waals surface area contributed by atoms with Crippen LogP contribution in [0.3, 0.4) is 0 Å². The molecule has 0 bridgehead atoms. The molecule has 1 aliphatic rings. The first-order valence-electron chi connectivity index (χ1n) is 8.44. The van der Waals surface area contributed by atoms with Crippen LogP contribution in [-0.4, -0.2) is 43.0 Å². The topological polar surface area (TPSA) is 35.6 Å². The number of hydrogen-bond acceptors (Lipinski definition) is 3. The number of carbonyl (C=O) groups is 1. The highest BCUT2D eigenvalue weighted by molar-refractivity contribution is 6.35. The Kier molecular flexibility index (Phi) is 6.01. The number of nitrogens with zero attached hydrogens (tertiary/aromatic N) is 2. The summed E-state index contributed by atoms with van der Waals surface area (Å²) in [5, 5.41) is 3.79. The van der Waals surface area contributed by atoms with E-state index in [1.165, 1.54) is 6.07 Å². The van der Waals surface area contributed by atoms with Gasteiger partial charge >= 0.3 is 0 Å². The molecule has 0 aromatic heterocycles. The van der Waals surface area contributed by atoms with Gasteiger partial charge in [0, 0.05) is 41.9 Å². The maximum atomic E-state index is 13.9. The van der Waals surface area contributed by atoms with Crippen molar-refractivity contribution in [2.75, 3.05) is 36.4 Å². The second-order valence-corrected chi connectivity index (χ2v) is 7.17. The fourth-order valence-corrected chi connectivity index (χ4v) is 3.62. The number of benzene rings is 2. The predicted octanol–water partition coefficient (Wildman–Crippen LogP) is 4.28. The third-order valence-corrected chi connectivity index (χ3v) is 5.00. The molecule has 0 aliphatic carbocycles. The van der Waals surface area contributed by atoms with Crippen molar-refractivity contribution in [1.29, 1.82) is 0 Å². The van der Waals surface area contributed by atoms with Gasteiger partial charge in [-0.1, -0.05) is 35.3 Å². The highest BCUT2D eigenvalue weighted by Crippen LogP contribution is 2.24. The van der Waals surface area contributed by atoms with E-state index < -0.39 is 0 Å². The number of carbonyl (C=O) groups excluding carboxylic acids is 1. The Morgan fingerprint density at radius 2 is 1.69 bits per heavy atom. The Morgan fingerprint density at radius 1 is 1.08 bits per heavy atom. The van der Waals surface area contributed by atoms with Crippen LogP contribution in [0.15, 0.2) is 42.5 Å². The van der Waals surface area contributed by atoms with Crippen molar-refractivity contribution in [2.45, 2.75) is 13.0 Å². The van der Waals surface area contributed by atoms with Crippen molar-refractivity contribution in [1.82, 2.24) is 4.90 Å². The molecule has 1 saturated heterocycles. The van der Waals surface area contributed by atoms with Gasteiger partial charge in [0.05, 0.1) is 11.7 Å². The molecule has 3 rings (SSSR count). The summed E-state index contributed by atoms with van der Waals surface area (Å²) in [6, 6.07) is 11.4. The largest absolute Gasteiger partial charge is 0.367 e. The first kappa shape index (κ1) is 19.0. The van der Waals surface area contributed by atoms with Crippen molar-refractivity contribution >= 4 is 40.5 Å². The van der Waals surface area contributed by atoms with Gasteiger partial charge in [-0.3, -0.25) is 9.69 Å². The van der Waals surface area contributed by atoms with Crippen molar-refractivity contribution < 1.29 is 9.18 Å². The summed E-state index contributed by atoms with van der Waals surface area (Å²) in [7, 11) is 0. The molecule has 1 amide bonds. The molecular formula is C19H20Cl2FN3O. The Hall–Kier alpha value is -1.82. The zero-order valence-corrected chi connectivity index (χ0v) is 15.9. The van der Waals surface area contributed by atoms with Crippen LogP contribution in [0, 0.1) is 5.82 Å². The summed E-state index contributed by atoms with van der Waals surface area (Å²) in [6.07, 6.45) is 0. The maximum Gasteiger partial charge on any atom is 0.241 e. The lowest BCUT2D eigenvalue weighted by Gasteiger charge is -2.38. The van der Waals surface area contributed by atoms with Crippen LogP contribution in [-0.2, 0) is 4.79 Å². The summed E-state index contributed by atoms with van der Waals surface area (Å²) in [5.41, 5.74) is 1.18. The molecule has 138 valence electrons. The third-order valence-electron chi connectivity index (χ3n) is 4.56. The van der Waals surface area contributed by atoms with Gasteiger partial charge in [0.1, 0.15) is 5.82 Å². The van der Waals surface area contributed by atoms with Crippen molar-refractivity contribution in [3.05, 3.63) is 58.3 Å². The number of piperazine rings is 1. The second-order valence-electron chi connectivity index (χ2n) is 6.30.